The molecule has 0 amide bonds. The zero-order valence-corrected chi connectivity index (χ0v) is 16.4. The van der Waals surface area contributed by atoms with E-state index >= 15 is 0 Å². The third-order valence-electron chi connectivity index (χ3n) is 4.23. The first kappa shape index (κ1) is 19.0. The summed E-state index contributed by atoms with van der Waals surface area (Å²) in [6.45, 7) is 1.83. The van der Waals surface area contributed by atoms with Crippen LogP contribution >= 0.6 is 23.2 Å². The lowest BCUT2D eigenvalue weighted by Crippen LogP contribution is -2.30. The molecule has 0 atom stereocenters. The Morgan fingerprint density at radius 1 is 1.23 bits per heavy atom. The van der Waals surface area contributed by atoms with Crippen LogP contribution in [0.25, 0.3) is 0 Å². The Labute approximate surface area is 162 Å². The van der Waals surface area contributed by atoms with Gasteiger partial charge in [-0.3, -0.25) is 9.10 Å². The second-order valence-electron chi connectivity index (χ2n) is 5.83. The van der Waals surface area contributed by atoms with E-state index in [2.05, 4.69) is 0 Å². The van der Waals surface area contributed by atoms with E-state index < -0.39 is 10.0 Å². The average molecular weight is 414 g/mol. The second kappa shape index (κ2) is 7.47. The van der Waals surface area contributed by atoms with Crippen molar-refractivity contribution in [1.29, 1.82) is 0 Å². The molecule has 8 heteroatoms. The molecule has 0 fully saturated rings. The average Bonchev–Trinajstić information content (AvgIpc) is 3.06. The fourth-order valence-electron chi connectivity index (χ4n) is 2.81. The minimum absolute atomic E-state index is 0.0430. The van der Waals surface area contributed by atoms with Crippen molar-refractivity contribution in [2.24, 2.45) is 0 Å². The molecule has 138 valence electrons. The number of ketones is 1. The van der Waals surface area contributed by atoms with Crippen LogP contribution in [0.1, 0.15) is 22.8 Å². The number of Topliss-reactive ketones (excluding diaryl/α,β-unsaturated/α-hetero) is 1. The maximum Gasteiger partial charge on any atom is 0.234 e. The highest BCUT2D eigenvalue weighted by molar-refractivity contribution is 7.92. The standard InChI is InChI=1S/C18H17Cl2NO4S/c1-2-26(23,24)21-9-8-12-10-13(6-7-15(12)21)16(22)11-25-17-5-3-4-14(19)18(17)20/h3-7,10H,2,8-9,11H2,1H3. The van der Waals surface area contributed by atoms with Crippen LogP contribution < -0.4 is 9.04 Å². The van der Waals surface area contributed by atoms with E-state index in [1.807, 2.05) is 0 Å². The first-order chi connectivity index (χ1) is 12.3. The molecule has 0 saturated heterocycles. The molecule has 3 rings (SSSR count). The van der Waals surface area contributed by atoms with Gasteiger partial charge in [-0.25, -0.2) is 8.42 Å². The summed E-state index contributed by atoms with van der Waals surface area (Å²) < 4.78 is 31.1. The molecule has 2 aromatic carbocycles. The summed E-state index contributed by atoms with van der Waals surface area (Å²) in [5, 5.41) is 0.614. The lowest BCUT2D eigenvalue weighted by Gasteiger charge is -2.18. The number of ether oxygens (including phenoxy) is 1. The largest absolute Gasteiger partial charge is 0.484 e. The van der Waals surface area contributed by atoms with Gasteiger partial charge in [0.05, 0.1) is 16.5 Å². The van der Waals surface area contributed by atoms with Crippen LogP contribution in [0.2, 0.25) is 10.0 Å². The van der Waals surface area contributed by atoms with Crippen molar-refractivity contribution in [2.45, 2.75) is 13.3 Å². The van der Waals surface area contributed by atoms with Gasteiger partial charge in [-0.2, -0.15) is 0 Å². The third-order valence-corrected chi connectivity index (χ3v) is 6.81. The lowest BCUT2D eigenvalue weighted by molar-refractivity contribution is 0.0921. The zero-order chi connectivity index (χ0) is 18.9. The van der Waals surface area contributed by atoms with Crippen LogP contribution in [-0.4, -0.2) is 33.1 Å². The van der Waals surface area contributed by atoms with Gasteiger partial charge in [-0.15, -0.1) is 0 Å². The van der Waals surface area contributed by atoms with Gasteiger partial charge in [0.25, 0.3) is 0 Å². The molecule has 0 N–H and O–H groups in total. The molecular weight excluding hydrogens is 397 g/mol. The number of carbonyl (C=O) groups is 1. The first-order valence-corrected chi connectivity index (χ1v) is 10.4. The van der Waals surface area contributed by atoms with Crippen molar-refractivity contribution in [3.63, 3.8) is 0 Å². The first-order valence-electron chi connectivity index (χ1n) is 8.07. The number of anilines is 1. The van der Waals surface area contributed by atoms with Gasteiger partial charge < -0.3 is 4.74 Å². The van der Waals surface area contributed by atoms with Crippen LogP contribution in [0.3, 0.4) is 0 Å². The van der Waals surface area contributed by atoms with Gasteiger partial charge >= 0.3 is 0 Å². The van der Waals surface area contributed by atoms with E-state index in [0.29, 0.717) is 35.0 Å². The molecule has 26 heavy (non-hydrogen) atoms. The molecule has 1 aliphatic heterocycles. The minimum atomic E-state index is -3.30. The lowest BCUT2D eigenvalue weighted by atomic mass is 10.1. The number of rotatable bonds is 6. The summed E-state index contributed by atoms with van der Waals surface area (Å²) in [6, 6.07) is 9.98. The summed E-state index contributed by atoms with van der Waals surface area (Å²) in [7, 11) is -3.30. The molecule has 0 radical (unpaired) electrons. The highest BCUT2D eigenvalue weighted by Gasteiger charge is 2.28. The Morgan fingerprint density at radius 3 is 2.73 bits per heavy atom. The molecule has 5 nitrogen and oxygen atoms in total. The number of sulfonamides is 1. The van der Waals surface area contributed by atoms with Crippen LogP contribution in [-0.2, 0) is 16.4 Å². The number of fused-ring (bicyclic) bond motifs is 1. The number of hydrogen-bond donors (Lipinski definition) is 0. The third kappa shape index (κ3) is 3.68. The van der Waals surface area contributed by atoms with Gasteiger partial charge in [-0.05, 0) is 49.2 Å². The Bertz CT molecular complexity index is 960. The highest BCUT2D eigenvalue weighted by Crippen LogP contribution is 2.33. The topological polar surface area (TPSA) is 63.7 Å². The van der Waals surface area contributed by atoms with Crippen molar-refractivity contribution in [2.75, 3.05) is 23.2 Å². The van der Waals surface area contributed by atoms with Gasteiger partial charge in [0.1, 0.15) is 10.8 Å². The fraction of sp³-hybridized carbons (Fsp3) is 0.278. The predicted molar refractivity (Wildman–Crippen MR) is 103 cm³/mol. The Morgan fingerprint density at radius 2 is 2.00 bits per heavy atom. The summed E-state index contributed by atoms with van der Waals surface area (Å²) in [6.07, 6.45) is 0.580. The Hall–Kier alpha value is -1.76. The maximum absolute atomic E-state index is 12.4. The quantitative estimate of drug-likeness (QED) is 0.672. The van der Waals surface area contributed by atoms with E-state index in [0.717, 1.165) is 5.56 Å². The normalized spacial score (nSPS) is 13.6. The van der Waals surface area contributed by atoms with E-state index in [-0.39, 0.29) is 23.2 Å². The van der Waals surface area contributed by atoms with Gasteiger partial charge in [0.15, 0.2) is 12.4 Å². The summed E-state index contributed by atoms with van der Waals surface area (Å²) >= 11 is 12.0. The zero-order valence-electron chi connectivity index (χ0n) is 14.0. The Balaban J connectivity index is 1.75. The molecule has 0 bridgehead atoms. The minimum Gasteiger partial charge on any atom is -0.484 e. The van der Waals surface area contributed by atoms with Crippen LogP contribution in [0.5, 0.6) is 5.75 Å². The van der Waals surface area contributed by atoms with Gasteiger partial charge in [0, 0.05) is 12.1 Å². The molecular formula is C18H17Cl2NO4S. The van der Waals surface area contributed by atoms with Crippen molar-refractivity contribution in [3.8, 4) is 5.75 Å². The molecule has 2 aromatic rings. The van der Waals surface area contributed by atoms with Gasteiger partial charge in [0.2, 0.25) is 10.0 Å². The molecule has 1 aliphatic rings. The van der Waals surface area contributed by atoms with E-state index in [9.17, 15) is 13.2 Å². The highest BCUT2D eigenvalue weighted by atomic mass is 35.5. The molecule has 1 heterocycles. The molecule has 0 aromatic heterocycles. The van der Waals surface area contributed by atoms with Crippen molar-refractivity contribution < 1.29 is 17.9 Å². The van der Waals surface area contributed by atoms with Crippen molar-refractivity contribution in [1.82, 2.24) is 0 Å². The number of halogens is 2. The van der Waals surface area contributed by atoms with Crippen LogP contribution in [0, 0.1) is 0 Å². The number of benzene rings is 2. The number of nitrogens with zero attached hydrogens (tertiary/aromatic N) is 1. The summed E-state index contributed by atoms with van der Waals surface area (Å²) in [5.41, 5.74) is 1.95. The van der Waals surface area contributed by atoms with Crippen LogP contribution in [0.15, 0.2) is 36.4 Å². The molecule has 0 aliphatic carbocycles. The number of hydrogen-bond acceptors (Lipinski definition) is 4. The monoisotopic (exact) mass is 413 g/mol. The maximum atomic E-state index is 12.4. The van der Waals surface area contributed by atoms with Crippen molar-refractivity contribution in [3.05, 3.63) is 57.6 Å². The van der Waals surface area contributed by atoms with Crippen molar-refractivity contribution >= 4 is 44.7 Å². The van der Waals surface area contributed by atoms with E-state index in [1.165, 1.54) is 4.31 Å². The Kier molecular flexibility index (Phi) is 5.46. The smallest absolute Gasteiger partial charge is 0.234 e. The van der Waals surface area contributed by atoms with Gasteiger partial charge in [-0.1, -0.05) is 29.3 Å². The van der Waals surface area contributed by atoms with E-state index in [4.69, 9.17) is 27.9 Å². The molecule has 0 saturated carbocycles. The summed E-state index contributed by atoms with van der Waals surface area (Å²) in [4.78, 5) is 12.4. The van der Waals surface area contributed by atoms with E-state index in [1.54, 1.807) is 43.3 Å². The molecule has 0 unspecified atom stereocenters. The fourth-order valence-corrected chi connectivity index (χ4v) is 4.32. The molecule has 0 spiro atoms. The van der Waals surface area contributed by atoms with Crippen LogP contribution in [0.4, 0.5) is 5.69 Å². The predicted octanol–water partition coefficient (Wildman–Crippen LogP) is 3.97. The summed E-state index contributed by atoms with van der Waals surface area (Å²) in [5.74, 6) is 0.163. The SMILES string of the molecule is CCS(=O)(=O)N1CCc2cc(C(=O)COc3cccc(Cl)c3Cl)ccc21. The number of carbonyl (C=O) groups excluding carboxylic acids is 1. The second-order valence-corrected chi connectivity index (χ2v) is 8.80.